The van der Waals surface area contributed by atoms with Crippen LogP contribution in [0.15, 0.2) is 18.2 Å². The molecule has 9 heteroatoms. The quantitative estimate of drug-likeness (QED) is 0.433. The molecule has 0 spiro atoms. The lowest BCUT2D eigenvalue weighted by Crippen LogP contribution is -2.31. The van der Waals surface area contributed by atoms with Crippen LogP contribution < -0.4 is 16.0 Å². The van der Waals surface area contributed by atoms with Gasteiger partial charge >= 0.3 is 0 Å². The maximum atomic E-state index is 12.3. The van der Waals surface area contributed by atoms with Crippen molar-refractivity contribution in [2.45, 2.75) is 0 Å². The van der Waals surface area contributed by atoms with E-state index >= 15 is 0 Å². The lowest BCUT2D eigenvalue weighted by Gasteiger charge is -2.11. The van der Waals surface area contributed by atoms with Gasteiger partial charge in [0, 0.05) is 57.7 Å². The normalized spacial score (nSPS) is 10.3. The summed E-state index contributed by atoms with van der Waals surface area (Å²) in [7, 11) is 4.58. The lowest BCUT2D eigenvalue weighted by molar-refractivity contribution is 0.0937. The topological polar surface area (TPSA) is 115 Å². The largest absolute Gasteiger partial charge is 0.383 e. The number of hydrogen-bond donors (Lipinski definition) is 3. The van der Waals surface area contributed by atoms with Gasteiger partial charge in [-0.25, -0.2) is 0 Å². The average molecular weight is 381 g/mol. The van der Waals surface area contributed by atoms with Crippen LogP contribution in [0.2, 0.25) is 0 Å². The van der Waals surface area contributed by atoms with E-state index in [1.165, 1.54) is 39.5 Å². The van der Waals surface area contributed by atoms with Crippen molar-refractivity contribution in [1.29, 1.82) is 0 Å². The minimum absolute atomic E-state index is 0.211. The van der Waals surface area contributed by atoms with E-state index in [4.69, 9.17) is 14.2 Å². The van der Waals surface area contributed by atoms with Crippen LogP contribution in [0.5, 0.6) is 0 Å². The van der Waals surface area contributed by atoms with Gasteiger partial charge in [0.05, 0.1) is 19.8 Å². The fraction of sp³-hybridized carbons (Fsp3) is 0.500. The van der Waals surface area contributed by atoms with Crippen molar-refractivity contribution in [3.05, 3.63) is 34.9 Å². The molecule has 0 unspecified atom stereocenters. The van der Waals surface area contributed by atoms with Gasteiger partial charge in [0.15, 0.2) is 0 Å². The van der Waals surface area contributed by atoms with Gasteiger partial charge in [-0.2, -0.15) is 0 Å². The summed E-state index contributed by atoms with van der Waals surface area (Å²) in [5, 5.41) is 8.01. The van der Waals surface area contributed by atoms with Crippen molar-refractivity contribution in [3.8, 4) is 0 Å². The summed E-state index contributed by atoms with van der Waals surface area (Å²) < 4.78 is 14.7. The average Bonchev–Trinajstić information content (AvgIpc) is 2.67. The number of methoxy groups -OCH3 is 3. The lowest BCUT2D eigenvalue weighted by atomic mass is 10.0. The molecular formula is C18H27N3O6. The second-order valence-corrected chi connectivity index (χ2v) is 5.55. The molecule has 0 saturated heterocycles. The zero-order valence-electron chi connectivity index (χ0n) is 15.9. The van der Waals surface area contributed by atoms with Crippen LogP contribution in [0.4, 0.5) is 0 Å². The Kier molecular flexibility index (Phi) is 10.7. The van der Waals surface area contributed by atoms with Gasteiger partial charge in [-0.15, -0.1) is 0 Å². The van der Waals surface area contributed by atoms with Crippen LogP contribution in [0.25, 0.3) is 0 Å². The summed E-state index contributed by atoms with van der Waals surface area (Å²) in [6.07, 6.45) is 0. The highest BCUT2D eigenvalue weighted by Crippen LogP contribution is 2.11. The summed E-state index contributed by atoms with van der Waals surface area (Å²) in [5.74, 6) is -1.20. The van der Waals surface area contributed by atoms with Crippen molar-refractivity contribution >= 4 is 17.7 Å². The van der Waals surface area contributed by atoms with Gasteiger partial charge < -0.3 is 30.2 Å². The molecule has 0 aliphatic heterocycles. The first-order chi connectivity index (χ1) is 13.0. The molecule has 0 aromatic heterocycles. The standard InChI is InChI=1S/C18H27N3O6/c1-25-7-4-19-16(22)13-10-14(17(23)20-5-8-26-2)12-15(11-13)18(24)21-6-9-27-3/h10-12H,4-9H2,1-3H3,(H,19,22)(H,20,23)(H,21,24). The molecule has 150 valence electrons. The van der Waals surface area contributed by atoms with E-state index in [0.717, 1.165) is 0 Å². The molecule has 0 saturated carbocycles. The highest BCUT2D eigenvalue weighted by Gasteiger charge is 2.16. The van der Waals surface area contributed by atoms with Crippen LogP contribution >= 0.6 is 0 Å². The van der Waals surface area contributed by atoms with E-state index < -0.39 is 17.7 Å². The summed E-state index contributed by atoms with van der Waals surface area (Å²) in [5.41, 5.74) is 0.632. The SMILES string of the molecule is COCCNC(=O)c1cc(C(=O)NCCOC)cc(C(=O)NCCOC)c1. The van der Waals surface area contributed by atoms with Gasteiger partial charge in [0.1, 0.15) is 0 Å². The summed E-state index contributed by atoms with van der Waals surface area (Å²) in [6, 6.07) is 4.32. The Hall–Kier alpha value is -2.49. The third kappa shape index (κ3) is 8.16. The molecule has 9 nitrogen and oxygen atoms in total. The molecule has 0 aliphatic rings. The molecule has 1 aromatic rings. The Balaban J connectivity index is 3.01. The van der Waals surface area contributed by atoms with Crippen molar-refractivity contribution < 1.29 is 28.6 Å². The smallest absolute Gasteiger partial charge is 0.251 e. The molecule has 0 bridgehead atoms. The number of hydrogen-bond acceptors (Lipinski definition) is 6. The number of benzene rings is 1. The Morgan fingerprint density at radius 3 is 1.11 bits per heavy atom. The number of amides is 3. The molecule has 0 aliphatic carbocycles. The molecule has 0 atom stereocenters. The van der Waals surface area contributed by atoms with Crippen molar-refractivity contribution in [2.24, 2.45) is 0 Å². The predicted octanol–water partition coefficient (Wildman–Crippen LogP) is -0.185. The molecule has 27 heavy (non-hydrogen) atoms. The second kappa shape index (κ2) is 12.8. The van der Waals surface area contributed by atoms with E-state index in [-0.39, 0.29) is 16.7 Å². The fourth-order valence-corrected chi connectivity index (χ4v) is 2.13. The van der Waals surface area contributed by atoms with Crippen LogP contribution in [0.1, 0.15) is 31.1 Å². The maximum Gasteiger partial charge on any atom is 0.251 e. The highest BCUT2D eigenvalue weighted by atomic mass is 16.5. The Labute approximate surface area is 158 Å². The Morgan fingerprint density at radius 1 is 0.630 bits per heavy atom. The molecule has 0 radical (unpaired) electrons. The third-order valence-corrected chi connectivity index (χ3v) is 3.49. The van der Waals surface area contributed by atoms with Crippen LogP contribution in [-0.2, 0) is 14.2 Å². The van der Waals surface area contributed by atoms with Crippen molar-refractivity contribution in [2.75, 3.05) is 60.8 Å². The Morgan fingerprint density at radius 2 is 0.889 bits per heavy atom. The number of carbonyl (C=O) groups is 3. The molecule has 0 heterocycles. The molecule has 3 amide bonds. The van der Waals surface area contributed by atoms with Gasteiger partial charge in [-0.3, -0.25) is 14.4 Å². The summed E-state index contributed by atoms with van der Waals surface area (Å²) >= 11 is 0. The van der Waals surface area contributed by atoms with Gasteiger partial charge in [-0.1, -0.05) is 0 Å². The Bertz CT molecular complexity index is 537. The zero-order valence-corrected chi connectivity index (χ0v) is 15.9. The minimum Gasteiger partial charge on any atom is -0.383 e. The first-order valence-corrected chi connectivity index (χ1v) is 8.50. The second-order valence-electron chi connectivity index (χ2n) is 5.55. The van der Waals surface area contributed by atoms with Crippen molar-refractivity contribution in [3.63, 3.8) is 0 Å². The number of ether oxygens (including phenoxy) is 3. The van der Waals surface area contributed by atoms with Gasteiger partial charge in [0.2, 0.25) is 0 Å². The first-order valence-electron chi connectivity index (χ1n) is 8.50. The van der Waals surface area contributed by atoms with E-state index in [1.807, 2.05) is 0 Å². The van der Waals surface area contributed by atoms with E-state index in [9.17, 15) is 14.4 Å². The summed E-state index contributed by atoms with van der Waals surface area (Å²) in [6.45, 7) is 2.01. The number of carbonyl (C=O) groups excluding carboxylic acids is 3. The van der Waals surface area contributed by atoms with Crippen molar-refractivity contribution in [1.82, 2.24) is 16.0 Å². The minimum atomic E-state index is -0.399. The van der Waals surface area contributed by atoms with Crippen LogP contribution in [0, 0.1) is 0 Å². The fourth-order valence-electron chi connectivity index (χ4n) is 2.13. The molecular weight excluding hydrogens is 354 g/mol. The zero-order chi connectivity index (χ0) is 20.1. The van der Waals surface area contributed by atoms with Gasteiger partial charge in [0.25, 0.3) is 17.7 Å². The maximum absolute atomic E-state index is 12.3. The summed E-state index contributed by atoms with van der Waals surface area (Å²) in [4.78, 5) is 37.0. The molecule has 3 N–H and O–H groups in total. The number of nitrogens with one attached hydrogen (secondary N) is 3. The highest BCUT2D eigenvalue weighted by molar-refractivity contribution is 6.04. The third-order valence-electron chi connectivity index (χ3n) is 3.49. The van der Waals surface area contributed by atoms with E-state index in [0.29, 0.717) is 39.5 Å². The van der Waals surface area contributed by atoms with Gasteiger partial charge in [-0.05, 0) is 18.2 Å². The molecule has 0 fully saturated rings. The predicted molar refractivity (Wildman–Crippen MR) is 99.1 cm³/mol. The monoisotopic (exact) mass is 381 g/mol. The van der Waals surface area contributed by atoms with Crippen LogP contribution in [-0.4, -0.2) is 78.5 Å². The molecule has 1 aromatic carbocycles. The molecule has 1 rings (SSSR count). The number of rotatable bonds is 12. The van der Waals surface area contributed by atoms with E-state index in [1.54, 1.807) is 0 Å². The van der Waals surface area contributed by atoms with Crippen LogP contribution in [0.3, 0.4) is 0 Å². The first kappa shape index (κ1) is 22.6. The van der Waals surface area contributed by atoms with E-state index in [2.05, 4.69) is 16.0 Å².